The van der Waals surface area contributed by atoms with Crippen LogP contribution in [0.25, 0.3) is 21.0 Å². The molecule has 4 aromatic rings. The Balaban J connectivity index is 1.46. The van der Waals surface area contributed by atoms with Crippen molar-refractivity contribution < 1.29 is 13.2 Å². The van der Waals surface area contributed by atoms with Crippen LogP contribution in [0.5, 0.6) is 0 Å². The van der Waals surface area contributed by atoms with Gasteiger partial charge in [0.15, 0.2) is 4.80 Å². The molecular formula is C27H29N3O3S2. The van der Waals surface area contributed by atoms with Gasteiger partial charge in [-0.3, -0.25) is 4.79 Å². The molecule has 0 aliphatic heterocycles. The second-order valence-corrected chi connectivity index (χ2v) is 12.0. The minimum atomic E-state index is -3.60. The average Bonchev–Trinajstić information content (AvgIpc) is 3.26. The Kier molecular flexibility index (Phi) is 6.61. The summed E-state index contributed by atoms with van der Waals surface area (Å²) >= 11 is 1.50. The highest BCUT2D eigenvalue weighted by molar-refractivity contribution is 7.89. The highest BCUT2D eigenvalue weighted by atomic mass is 32.2. The summed E-state index contributed by atoms with van der Waals surface area (Å²) in [4.78, 5) is 18.3. The second kappa shape index (κ2) is 9.68. The molecule has 0 unspecified atom stereocenters. The Morgan fingerprint density at radius 1 is 1.03 bits per heavy atom. The van der Waals surface area contributed by atoms with Crippen molar-refractivity contribution in [3.8, 4) is 0 Å². The van der Waals surface area contributed by atoms with Gasteiger partial charge in [0.25, 0.3) is 5.91 Å². The van der Waals surface area contributed by atoms with E-state index in [0.717, 1.165) is 46.7 Å². The Labute approximate surface area is 209 Å². The molecule has 1 aliphatic rings. The minimum Gasteiger partial charge on any atom is -0.317 e. The number of sulfonamides is 1. The van der Waals surface area contributed by atoms with Gasteiger partial charge in [-0.1, -0.05) is 60.9 Å². The lowest BCUT2D eigenvalue weighted by atomic mass is 9.96. The molecule has 0 atom stereocenters. The maximum Gasteiger partial charge on any atom is 0.279 e. The van der Waals surface area contributed by atoms with E-state index in [1.165, 1.54) is 34.2 Å². The van der Waals surface area contributed by atoms with Crippen molar-refractivity contribution in [2.75, 3.05) is 7.05 Å². The molecule has 0 N–H and O–H groups in total. The maximum atomic E-state index is 13.1. The van der Waals surface area contributed by atoms with E-state index in [9.17, 15) is 13.2 Å². The fourth-order valence-electron chi connectivity index (χ4n) is 4.92. The van der Waals surface area contributed by atoms with Crippen LogP contribution in [0.15, 0.2) is 70.6 Å². The zero-order valence-corrected chi connectivity index (χ0v) is 21.6. The van der Waals surface area contributed by atoms with Crippen LogP contribution in [0.2, 0.25) is 0 Å². The number of carbonyl (C=O) groups excluding carboxylic acids is 1. The van der Waals surface area contributed by atoms with Gasteiger partial charge in [-0.25, -0.2) is 8.42 Å². The molecular weight excluding hydrogens is 478 g/mol. The molecule has 6 nitrogen and oxygen atoms in total. The Hall–Kier alpha value is -2.81. The van der Waals surface area contributed by atoms with E-state index >= 15 is 0 Å². The Morgan fingerprint density at radius 3 is 2.46 bits per heavy atom. The number of amides is 1. The summed E-state index contributed by atoms with van der Waals surface area (Å²) in [6.45, 7) is 2.72. The first-order valence-corrected chi connectivity index (χ1v) is 14.3. The van der Waals surface area contributed by atoms with E-state index in [4.69, 9.17) is 0 Å². The number of nitrogens with zero attached hydrogens (tertiary/aromatic N) is 3. The highest BCUT2D eigenvalue weighted by Gasteiger charge is 2.29. The van der Waals surface area contributed by atoms with Crippen molar-refractivity contribution >= 4 is 48.3 Å². The van der Waals surface area contributed by atoms with Crippen molar-refractivity contribution in [1.82, 2.24) is 8.87 Å². The first-order valence-electron chi connectivity index (χ1n) is 12.1. The number of aromatic nitrogens is 1. The standard InChI is InChI=1S/C27H29N3O3S2/c1-3-30-24-18-15-19-9-7-8-12-23(19)25(24)34-27(30)28-26(31)20-13-16-22(17-14-20)35(32,33)29(2)21-10-5-4-6-11-21/h7-9,12-18,21H,3-6,10-11H2,1-2H3. The second-order valence-electron chi connectivity index (χ2n) is 9.02. The molecule has 8 heteroatoms. The molecule has 1 aliphatic carbocycles. The number of aryl methyl sites for hydroxylation is 1. The van der Waals surface area contributed by atoms with Crippen molar-refractivity contribution in [3.63, 3.8) is 0 Å². The molecule has 3 aromatic carbocycles. The van der Waals surface area contributed by atoms with E-state index in [0.29, 0.717) is 16.9 Å². The minimum absolute atomic E-state index is 0.0404. The lowest BCUT2D eigenvalue weighted by Crippen LogP contribution is -2.38. The highest BCUT2D eigenvalue weighted by Crippen LogP contribution is 2.28. The van der Waals surface area contributed by atoms with Crippen LogP contribution < -0.4 is 4.80 Å². The molecule has 1 amide bonds. The van der Waals surface area contributed by atoms with Gasteiger partial charge in [0.1, 0.15) is 0 Å². The number of carbonyl (C=O) groups is 1. The van der Waals surface area contributed by atoms with Gasteiger partial charge >= 0.3 is 0 Å². The van der Waals surface area contributed by atoms with Gasteiger partial charge in [-0.05, 0) is 55.5 Å². The molecule has 1 aromatic heterocycles. The molecule has 0 bridgehead atoms. The molecule has 1 saturated carbocycles. The number of benzene rings is 3. The van der Waals surface area contributed by atoms with Crippen molar-refractivity contribution in [1.29, 1.82) is 0 Å². The van der Waals surface area contributed by atoms with E-state index in [-0.39, 0.29) is 16.8 Å². The Bertz CT molecular complexity index is 1560. The number of thiazole rings is 1. The molecule has 0 saturated heterocycles. The number of rotatable bonds is 5. The van der Waals surface area contributed by atoms with Crippen LogP contribution in [0.3, 0.4) is 0 Å². The monoisotopic (exact) mass is 507 g/mol. The molecule has 1 heterocycles. The van der Waals surface area contributed by atoms with Crippen LogP contribution in [-0.4, -0.2) is 36.3 Å². The molecule has 0 radical (unpaired) electrons. The summed E-state index contributed by atoms with van der Waals surface area (Å²) in [6, 6.07) is 18.6. The van der Waals surface area contributed by atoms with Gasteiger partial charge in [0, 0.05) is 30.6 Å². The summed E-state index contributed by atoms with van der Waals surface area (Å²) in [5.41, 5.74) is 1.42. The first kappa shape index (κ1) is 23.9. The summed E-state index contributed by atoms with van der Waals surface area (Å²) in [5, 5.41) is 2.29. The predicted octanol–water partition coefficient (Wildman–Crippen LogP) is 5.57. The van der Waals surface area contributed by atoms with Crippen LogP contribution >= 0.6 is 11.3 Å². The third-order valence-corrected chi connectivity index (χ3v) is 10.0. The van der Waals surface area contributed by atoms with Gasteiger partial charge in [0.2, 0.25) is 10.0 Å². The summed E-state index contributed by atoms with van der Waals surface area (Å²) < 4.78 is 30.9. The van der Waals surface area contributed by atoms with Crippen LogP contribution in [0.4, 0.5) is 0 Å². The summed E-state index contributed by atoms with van der Waals surface area (Å²) in [7, 11) is -1.94. The van der Waals surface area contributed by atoms with E-state index < -0.39 is 10.0 Å². The lowest BCUT2D eigenvalue weighted by molar-refractivity contribution is 0.0997. The van der Waals surface area contributed by atoms with Gasteiger partial charge in [0.05, 0.1) is 15.1 Å². The molecule has 35 heavy (non-hydrogen) atoms. The number of hydrogen-bond donors (Lipinski definition) is 0. The molecule has 0 spiro atoms. The van der Waals surface area contributed by atoms with Crippen molar-refractivity contribution in [2.45, 2.75) is 56.5 Å². The van der Waals surface area contributed by atoms with Crippen molar-refractivity contribution in [3.05, 3.63) is 71.0 Å². The normalized spacial score (nSPS) is 15.9. The smallest absolute Gasteiger partial charge is 0.279 e. The molecule has 1 fully saturated rings. The van der Waals surface area contributed by atoms with Gasteiger partial charge < -0.3 is 4.57 Å². The van der Waals surface area contributed by atoms with E-state index in [2.05, 4.69) is 29.3 Å². The maximum absolute atomic E-state index is 13.1. The molecule has 182 valence electrons. The third-order valence-electron chi connectivity index (χ3n) is 6.95. The van der Waals surface area contributed by atoms with Crippen LogP contribution in [0.1, 0.15) is 49.4 Å². The van der Waals surface area contributed by atoms with Crippen molar-refractivity contribution in [2.24, 2.45) is 4.99 Å². The van der Waals surface area contributed by atoms with Crippen LogP contribution in [0, 0.1) is 0 Å². The topological polar surface area (TPSA) is 71.7 Å². The fraction of sp³-hybridized carbons (Fsp3) is 0.333. The molecule has 5 rings (SSSR count). The fourth-order valence-corrected chi connectivity index (χ4v) is 7.56. The van der Waals surface area contributed by atoms with Crippen LogP contribution in [-0.2, 0) is 16.6 Å². The Morgan fingerprint density at radius 2 is 1.74 bits per heavy atom. The number of fused-ring (bicyclic) bond motifs is 3. The summed E-state index contributed by atoms with van der Waals surface area (Å²) in [6.07, 6.45) is 5.08. The summed E-state index contributed by atoms with van der Waals surface area (Å²) in [5.74, 6) is -0.382. The third kappa shape index (κ3) is 4.46. The zero-order valence-electron chi connectivity index (χ0n) is 20.0. The lowest BCUT2D eigenvalue weighted by Gasteiger charge is -2.30. The SMILES string of the molecule is CCn1c(=NC(=O)c2ccc(S(=O)(=O)N(C)C3CCCCC3)cc2)sc2c3ccccc3ccc21. The quantitative estimate of drug-likeness (QED) is 0.355. The predicted molar refractivity (Wildman–Crippen MR) is 141 cm³/mol. The first-order chi connectivity index (χ1) is 16.9. The van der Waals surface area contributed by atoms with Gasteiger partial charge in [-0.15, -0.1) is 0 Å². The number of hydrogen-bond acceptors (Lipinski definition) is 4. The van der Waals surface area contributed by atoms with E-state index in [1.54, 1.807) is 19.2 Å². The average molecular weight is 508 g/mol. The largest absolute Gasteiger partial charge is 0.317 e. The zero-order chi connectivity index (χ0) is 24.6. The van der Waals surface area contributed by atoms with E-state index in [1.807, 2.05) is 23.6 Å². The van der Waals surface area contributed by atoms with Gasteiger partial charge in [-0.2, -0.15) is 9.30 Å².